The smallest absolute Gasteiger partial charge is 0.0645 e. The zero-order chi connectivity index (χ0) is 9.80. The zero-order valence-electron chi connectivity index (χ0n) is 8.07. The van der Waals surface area contributed by atoms with Gasteiger partial charge in [0.25, 0.3) is 0 Å². The number of pyridine rings is 1. The molecule has 0 spiro atoms. The van der Waals surface area contributed by atoms with Crippen molar-refractivity contribution in [2.75, 3.05) is 0 Å². The summed E-state index contributed by atoms with van der Waals surface area (Å²) in [5, 5.41) is 1.34. The summed E-state index contributed by atoms with van der Waals surface area (Å²) in [4.78, 5) is 4.39. The molecule has 2 aromatic rings. The maximum absolute atomic E-state index is 4.39. The molecule has 1 aromatic heterocycles. The van der Waals surface area contributed by atoms with Gasteiger partial charge in [-0.25, -0.2) is 0 Å². The fourth-order valence-corrected chi connectivity index (χ4v) is 2.16. The standard InChI is InChI=1S/C12H12NP/c1-10-7-8-12(13-9-10)14-11-5-3-2-4-6-11/h2-9,14H,1H3. The minimum absolute atomic E-state index is 0.662. The molecule has 2 rings (SSSR count). The predicted molar refractivity (Wildman–Crippen MR) is 63.0 cm³/mol. The van der Waals surface area contributed by atoms with E-state index in [4.69, 9.17) is 0 Å². The quantitative estimate of drug-likeness (QED) is 0.677. The van der Waals surface area contributed by atoms with Crippen LogP contribution < -0.4 is 10.7 Å². The van der Waals surface area contributed by atoms with Gasteiger partial charge in [-0.3, -0.25) is 4.98 Å². The second kappa shape index (κ2) is 4.34. The highest BCUT2D eigenvalue weighted by Gasteiger charge is 1.95. The van der Waals surface area contributed by atoms with E-state index in [0.717, 1.165) is 5.44 Å². The maximum atomic E-state index is 4.39. The lowest BCUT2D eigenvalue weighted by Gasteiger charge is -2.00. The molecule has 0 amide bonds. The fourth-order valence-electron chi connectivity index (χ4n) is 1.21. The molecular weight excluding hydrogens is 189 g/mol. The van der Waals surface area contributed by atoms with Crippen LogP contribution in [0, 0.1) is 6.92 Å². The first-order valence-corrected chi connectivity index (χ1v) is 5.59. The Morgan fingerprint density at radius 2 is 1.79 bits per heavy atom. The van der Waals surface area contributed by atoms with Gasteiger partial charge in [-0.05, 0) is 32.4 Å². The minimum atomic E-state index is 0.662. The van der Waals surface area contributed by atoms with Crippen LogP contribution in [0.5, 0.6) is 0 Å². The van der Waals surface area contributed by atoms with Gasteiger partial charge in [0, 0.05) is 6.20 Å². The van der Waals surface area contributed by atoms with Crippen molar-refractivity contribution in [1.29, 1.82) is 0 Å². The van der Waals surface area contributed by atoms with Gasteiger partial charge in [-0.1, -0.05) is 36.4 Å². The molecule has 1 nitrogen and oxygen atoms in total. The van der Waals surface area contributed by atoms with Gasteiger partial charge in [0.15, 0.2) is 0 Å². The molecule has 0 bridgehead atoms. The van der Waals surface area contributed by atoms with Gasteiger partial charge in [0.05, 0.1) is 5.44 Å². The Balaban J connectivity index is 2.16. The van der Waals surface area contributed by atoms with E-state index in [1.54, 1.807) is 0 Å². The number of rotatable bonds is 2. The molecule has 0 saturated carbocycles. The van der Waals surface area contributed by atoms with Crippen LogP contribution in [0.3, 0.4) is 0 Å². The predicted octanol–water partition coefficient (Wildman–Crippen LogP) is 2.02. The molecular formula is C12H12NP. The van der Waals surface area contributed by atoms with Crippen molar-refractivity contribution >= 4 is 19.3 Å². The normalized spacial score (nSPS) is 10.9. The van der Waals surface area contributed by atoms with Gasteiger partial charge in [-0.2, -0.15) is 0 Å². The van der Waals surface area contributed by atoms with Crippen molar-refractivity contribution in [1.82, 2.24) is 4.98 Å². The summed E-state index contributed by atoms with van der Waals surface area (Å²) in [6.07, 6.45) is 1.92. The molecule has 0 aliphatic rings. The molecule has 14 heavy (non-hydrogen) atoms. The number of nitrogens with zero attached hydrogens (tertiary/aromatic N) is 1. The van der Waals surface area contributed by atoms with Gasteiger partial charge >= 0.3 is 0 Å². The molecule has 1 heterocycles. The molecule has 0 saturated heterocycles. The first-order chi connectivity index (χ1) is 6.84. The Hall–Kier alpha value is -1.20. The Bertz CT molecular complexity index is 394. The molecule has 0 radical (unpaired) electrons. The van der Waals surface area contributed by atoms with E-state index in [1.807, 2.05) is 12.3 Å². The number of hydrogen-bond acceptors (Lipinski definition) is 1. The number of aryl methyl sites for hydroxylation is 1. The third kappa shape index (κ3) is 2.40. The lowest BCUT2D eigenvalue weighted by Crippen LogP contribution is -2.06. The Morgan fingerprint density at radius 1 is 1.00 bits per heavy atom. The largest absolute Gasteiger partial charge is 0.256 e. The van der Waals surface area contributed by atoms with E-state index in [9.17, 15) is 0 Å². The summed E-state index contributed by atoms with van der Waals surface area (Å²) >= 11 is 0. The van der Waals surface area contributed by atoms with Crippen LogP contribution in [0.1, 0.15) is 5.56 Å². The molecule has 0 aliphatic heterocycles. The Morgan fingerprint density at radius 3 is 2.43 bits per heavy atom. The number of aromatic nitrogens is 1. The third-order valence-corrected chi connectivity index (χ3v) is 3.13. The highest BCUT2D eigenvalue weighted by atomic mass is 31.1. The molecule has 0 aliphatic carbocycles. The molecule has 2 heteroatoms. The highest BCUT2D eigenvalue weighted by Crippen LogP contribution is 2.08. The second-order valence-electron chi connectivity index (χ2n) is 3.21. The Labute approximate surface area is 86.0 Å². The van der Waals surface area contributed by atoms with Crippen molar-refractivity contribution in [3.05, 3.63) is 54.2 Å². The molecule has 70 valence electrons. The number of hydrogen-bond donors (Lipinski definition) is 0. The van der Waals surface area contributed by atoms with E-state index in [-0.39, 0.29) is 0 Å². The summed E-state index contributed by atoms with van der Waals surface area (Å²) in [7, 11) is 0.662. The summed E-state index contributed by atoms with van der Waals surface area (Å²) < 4.78 is 0. The summed E-state index contributed by atoms with van der Waals surface area (Å²) in [5.74, 6) is 0. The average Bonchev–Trinajstić information content (AvgIpc) is 2.23. The highest BCUT2D eigenvalue weighted by molar-refractivity contribution is 7.55. The van der Waals surface area contributed by atoms with Crippen LogP contribution >= 0.6 is 8.58 Å². The summed E-state index contributed by atoms with van der Waals surface area (Å²) in [6, 6.07) is 14.7. The van der Waals surface area contributed by atoms with Crippen molar-refractivity contribution in [3.8, 4) is 0 Å². The van der Waals surface area contributed by atoms with Gasteiger partial charge in [-0.15, -0.1) is 0 Å². The minimum Gasteiger partial charge on any atom is -0.256 e. The van der Waals surface area contributed by atoms with Crippen LogP contribution in [0.2, 0.25) is 0 Å². The van der Waals surface area contributed by atoms with Crippen molar-refractivity contribution in [3.63, 3.8) is 0 Å². The van der Waals surface area contributed by atoms with Crippen LogP contribution in [-0.4, -0.2) is 4.98 Å². The molecule has 1 atom stereocenters. The zero-order valence-corrected chi connectivity index (χ0v) is 9.07. The monoisotopic (exact) mass is 201 g/mol. The van der Waals surface area contributed by atoms with Gasteiger partial charge < -0.3 is 0 Å². The van der Waals surface area contributed by atoms with Crippen LogP contribution in [0.25, 0.3) is 0 Å². The SMILES string of the molecule is Cc1ccc(Pc2ccccc2)nc1. The van der Waals surface area contributed by atoms with Crippen LogP contribution in [0.4, 0.5) is 0 Å². The first kappa shape index (κ1) is 9.36. The maximum Gasteiger partial charge on any atom is 0.0645 e. The van der Waals surface area contributed by atoms with Gasteiger partial charge in [0.1, 0.15) is 0 Å². The fraction of sp³-hybridized carbons (Fsp3) is 0.0833. The lowest BCUT2D eigenvalue weighted by molar-refractivity contribution is 1.31. The van der Waals surface area contributed by atoms with Gasteiger partial charge in [0.2, 0.25) is 0 Å². The van der Waals surface area contributed by atoms with Crippen LogP contribution in [0.15, 0.2) is 48.7 Å². The van der Waals surface area contributed by atoms with E-state index in [0.29, 0.717) is 8.58 Å². The topological polar surface area (TPSA) is 12.9 Å². The van der Waals surface area contributed by atoms with E-state index in [2.05, 4.69) is 48.3 Å². The third-order valence-electron chi connectivity index (χ3n) is 1.96. The molecule has 1 unspecified atom stereocenters. The molecule has 0 N–H and O–H groups in total. The van der Waals surface area contributed by atoms with Crippen molar-refractivity contribution in [2.45, 2.75) is 6.92 Å². The van der Waals surface area contributed by atoms with E-state index in [1.165, 1.54) is 10.9 Å². The second-order valence-corrected chi connectivity index (χ2v) is 4.55. The van der Waals surface area contributed by atoms with Crippen LogP contribution in [-0.2, 0) is 0 Å². The summed E-state index contributed by atoms with van der Waals surface area (Å²) in [6.45, 7) is 2.06. The van der Waals surface area contributed by atoms with Crippen molar-refractivity contribution in [2.24, 2.45) is 0 Å². The van der Waals surface area contributed by atoms with E-state index >= 15 is 0 Å². The van der Waals surface area contributed by atoms with Crippen molar-refractivity contribution < 1.29 is 0 Å². The average molecular weight is 201 g/mol. The van der Waals surface area contributed by atoms with E-state index < -0.39 is 0 Å². The summed E-state index contributed by atoms with van der Waals surface area (Å²) in [5.41, 5.74) is 2.37. The number of benzene rings is 1. The molecule has 0 fully saturated rings. The lowest BCUT2D eigenvalue weighted by atomic mass is 10.3. The Kier molecular flexibility index (Phi) is 2.90. The molecule has 1 aromatic carbocycles. The first-order valence-electron chi connectivity index (χ1n) is 4.59.